The number of rotatable bonds is 2. The number of carbonyl (C=O) groups excluding carboxylic acids is 1. The van der Waals surface area contributed by atoms with Gasteiger partial charge in [0.25, 0.3) is 0 Å². The van der Waals surface area contributed by atoms with Gasteiger partial charge >= 0.3 is 6.09 Å². The van der Waals surface area contributed by atoms with Crippen molar-refractivity contribution in [3.05, 3.63) is 21.8 Å². The van der Waals surface area contributed by atoms with Gasteiger partial charge in [-0.1, -0.05) is 11.6 Å². The molecule has 17 heavy (non-hydrogen) atoms. The maximum Gasteiger partial charge on any atom is 0.426 e. The molecule has 5 nitrogen and oxygen atoms in total. The first kappa shape index (κ1) is 14.1. The van der Waals surface area contributed by atoms with Gasteiger partial charge in [-0.25, -0.2) is 15.2 Å². The molecule has 0 saturated carbocycles. The lowest BCUT2D eigenvalue weighted by molar-refractivity contribution is 0.0541. The molecule has 1 heterocycles. The van der Waals surface area contributed by atoms with Gasteiger partial charge in [0, 0.05) is 0 Å². The Bertz CT molecular complexity index is 421. The van der Waals surface area contributed by atoms with Crippen molar-refractivity contribution in [1.82, 2.24) is 10.4 Å². The van der Waals surface area contributed by atoms with Crippen molar-refractivity contribution < 1.29 is 9.53 Å². The molecule has 0 atom stereocenters. The molecule has 0 spiro atoms. The molecular formula is C10H13BrClN3O2. The Hall–Kier alpha value is -1.01. The first-order valence-corrected chi connectivity index (χ1v) is 6.02. The van der Waals surface area contributed by atoms with Gasteiger partial charge in [-0.3, -0.25) is 5.43 Å². The van der Waals surface area contributed by atoms with Crippen molar-refractivity contribution in [3.63, 3.8) is 0 Å². The lowest BCUT2D eigenvalue weighted by atomic mass is 10.2. The molecule has 1 aromatic heterocycles. The third-order valence-corrected chi connectivity index (χ3v) is 2.34. The molecule has 0 saturated heterocycles. The predicted molar refractivity (Wildman–Crippen MR) is 69.9 cm³/mol. The number of halogens is 2. The summed E-state index contributed by atoms with van der Waals surface area (Å²) in [5.74, 6) is 0.406. The summed E-state index contributed by atoms with van der Waals surface area (Å²) in [7, 11) is 0. The van der Waals surface area contributed by atoms with Crippen LogP contribution >= 0.6 is 27.5 Å². The van der Waals surface area contributed by atoms with E-state index in [4.69, 9.17) is 16.3 Å². The highest BCUT2D eigenvalue weighted by molar-refractivity contribution is 9.10. The smallest absolute Gasteiger partial charge is 0.426 e. The summed E-state index contributed by atoms with van der Waals surface area (Å²) in [5.41, 5.74) is 4.42. The van der Waals surface area contributed by atoms with Crippen LogP contribution in [-0.2, 0) is 4.74 Å². The largest absolute Gasteiger partial charge is 0.443 e. The van der Waals surface area contributed by atoms with Crippen LogP contribution in [0.1, 0.15) is 20.8 Å². The zero-order chi connectivity index (χ0) is 13.1. The van der Waals surface area contributed by atoms with Gasteiger partial charge in [0.1, 0.15) is 10.8 Å². The Labute approximate surface area is 113 Å². The number of hydrazine groups is 1. The van der Waals surface area contributed by atoms with Crippen molar-refractivity contribution in [1.29, 1.82) is 0 Å². The molecule has 1 amide bonds. The molecule has 7 heteroatoms. The molecule has 0 bridgehead atoms. The Morgan fingerprint density at radius 3 is 2.71 bits per heavy atom. The van der Waals surface area contributed by atoms with Gasteiger partial charge < -0.3 is 4.74 Å². The van der Waals surface area contributed by atoms with Crippen LogP contribution in [0.2, 0.25) is 5.15 Å². The molecule has 0 fully saturated rings. The van der Waals surface area contributed by atoms with Gasteiger partial charge in [-0.15, -0.1) is 0 Å². The van der Waals surface area contributed by atoms with Crippen molar-refractivity contribution in [2.45, 2.75) is 26.4 Å². The highest BCUT2D eigenvalue weighted by Crippen LogP contribution is 2.21. The molecule has 0 radical (unpaired) electrons. The highest BCUT2D eigenvalue weighted by Gasteiger charge is 2.16. The van der Waals surface area contributed by atoms with Crippen LogP contribution in [0, 0.1) is 0 Å². The molecule has 94 valence electrons. The van der Waals surface area contributed by atoms with E-state index >= 15 is 0 Å². The number of amides is 1. The van der Waals surface area contributed by atoms with E-state index in [0.717, 1.165) is 0 Å². The maximum absolute atomic E-state index is 11.4. The summed E-state index contributed by atoms with van der Waals surface area (Å²) in [6, 6.07) is 3.35. The first-order valence-electron chi connectivity index (χ1n) is 4.85. The standard InChI is InChI=1S/C10H13BrClN3O2/c1-10(2,3)17-9(16)15-14-8-6(11)4-5-7(12)13-8/h4-5H,1-3H3,(H,13,14)(H,15,16). The molecule has 0 aliphatic rings. The minimum Gasteiger partial charge on any atom is -0.443 e. The van der Waals surface area contributed by atoms with Crippen molar-refractivity contribution >= 4 is 39.4 Å². The summed E-state index contributed by atoms with van der Waals surface area (Å²) >= 11 is 8.99. The van der Waals surface area contributed by atoms with Crippen molar-refractivity contribution in [2.75, 3.05) is 5.43 Å². The number of ether oxygens (including phenoxy) is 1. The lowest BCUT2D eigenvalue weighted by Gasteiger charge is -2.20. The van der Waals surface area contributed by atoms with E-state index in [2.05, 4.69) is 31.8 Å². The van der Waals surface area contributed by atoms with Crippen LogP contribution in [-0.4, -0.2) is 16.7 Å². The maximum atomic E-state index is 11.4. The lowest BCUT2D eigenvalue weighted by Crippen LogP contribution is -2.36. The number of nitrogens with zero attached hydrogens (tertiary/aromatic N) is 1. The minimum absolute atomic E-state index is 0.321. The molecule has 0 aliphatic carbocycles. The van der Waals surface area contributed by atoms with Gasteiger partial charge in [0.05, 0.1) is 4.47 Å². The fourth-order valence-corrected chi connectivity index (χ4v) is 1.39. The Morgan fingerprint density at radius 1 is 1.47 bits per heavy atom. The topological polar surface area (TPSA) is 63.2 Å². The number of hydrogen-bond acceptors (Lipinski definition) is 4. The van der Waals surface area contributed by atoms with Crippen LogP contribution in [0.15, 0.2) is 16.6 Å². The highest BCUT2D eigenvalue weighted by atomic mass is 79.9. The summed E-state index contributed by atoms with van der Waals surface area (Å²) in [6.07, 6.45) is -0.592. The second kappa shape index (κ2) is 5.55. The number of hydrogen-bond donors (Lipinski definition) is 2. The van der Waals surface area contributed by atoms with E-state index in [9.17, 15) is 4.79 Å². The summed E-state index contributed by atoms with van der Waals surface area (Å²) in [5, 5.41) is 0.321. The minimum atomic E-state index is -0.592. The molecule has 2 N–H and O–H groups in total. The van der Waals surface area contributed by atoms with E-state index < -0.39 is 11.7 Å². The van der Waals surface area contributed by atoms with E-state index in [-0.39, 0.29) is 0 Å². The van der Waals surface area contributed by atoms with E-state index in [0.29, 0.717) is 15.4 Å². The van der Waals surface area contributed by atoms with Gasteiger partial charge in [0.15, 0.2) is 5.82 Å². The van der Waals surface area contributed by atoms with Crippen molar-refractivity contribution in [2.24, 2.45) is 0 Å². The SMILES string of the molecule is CC(C)(C)OC(=O)NNc1nc(Cl)ccc1Br. The van der Waals surface area contributed by atoms with Gasteiger partial charge in [-0.2, -0.15) is 0 Å². The van der Waals surface area contributed by atoms with E-state index in [1.165, 1.54) is 0 Å². The quantitative estimate of drug-likeness (QED) is 0.647. The Kier molecular flexibility index (Phi) is 4.59. The zero-order valence-electron chi connectivity index (χ0n) is 9.67. The first-order chi connectivity index (χ1) is 7.78. The fraction of sp³-hybridized carbons (Fsp3) is 0.400. The average molecular weight is 323 g/mol. The third-order valence-electron chi connectivity index (χ3n) is 1.49. The molecular weight excluding hydrogens is 309 g/mol. The third kappa shape index (κ3) is 5.23. The van der Waals surface area contributed by atoms with Crippen LogP contribution in [0.5, 0.6) is 0 Å². The van der Waals surface area contributed by atoms with E-state index in [1.54, 1.807) is 32.9 Å². The van der Waals surface area contributed by atoms with Crippen LogP contribution in [0.4, 0.5) is 10.6 Å². The number of carbonyl (C=O) groups is 1. The van der Waals surface area contributed by atoms with Crippen molar-refractivity contribution in [3.8, 4) is 0 Å². The molecule has 1 rings (SSSR count). The number of nitrogens with one attached hydrogen (secondary N) is 2. The molecule has 0 aromatic carbocycles. The number of anilines is 1. The second-order valence-corrected chi connectivity index (χ2v) is 5.46. The van der Waals surface area contributed by atoms with Gasteiger partial charge in [-0.05, 0) is 48.8 Å². The van der Waals surface area contributed by atoms with E-state index in [1.807, 2.05) is 0 Å². The van der Waals surface area contributed by atoms with Gasteiger partial charge in [0.2, 0.25) is 0 Å². The molecule has 0 unspecified atom stereocenters. The van der Waals surface area contributed by atoms with Crippen LogP contribution in [0.25, 0.3) is 0 Å². The summed E-state index contributed by atoms with van der Waals surface area (Å²) < 4.78 is 5.72. The number of pyridine rings is 1. The predicted octanol–water partition coefficient (Wildman–Crippen LogP) is 3.35. The summed E-state index contributed by atoms with van der Waals surface area (Å²) in [6.45, 7) is 5.33. The Balaban J connectivity index is 2.56. The molecule has 0 aliphatic heterocycles. The van der Waals surface area contributed by atoms with Crippen LogP contribution in [0.3, 0.4) is 0 Å². The van der Waals surface area contributed by atoms with Crippen LogP contribution < -0.4 is 10.9 Å². The fourth-order valence-electron chi connectivity index (χ4n) is 0.920. The number of aromatic nitrogens is 1. The summed E-state index contributed by atoms with van der Waals surface area (Å²) in [4.78, 5) is 15.3. The normalized spacial score (nSPS) is 10.9. The molecule has 1 aromatic rings. The average Bonchev–Trinajstić information content (AvgIpc) is 2.17. The second-order valence-electron chi connectivity index (χ2n) is 4.22. The Morgan fingerprint density at radius 2 is 2.12 bits per heavy atom. The zero-order valence-corrected chi connectivity index (χ0v) is 12.0. The monoisotopic (exact) mass is 321 g/mol.